The van der Waals surface area contributed by atoms with Gasteiger partial charge in [-0.2, -0.15) is 10.5 Å². The number of rotatable bonds is 12. The number of anilines is 2. The highest BCUT2D eigenvalue weighted by Gasteiger charge is 2.14. The maximum Gasteiger partial charge on any atom is 0.348 e. The molecule has 2 fully saturated rings. The Hall–Kier alpha value is -4.64. The van der Waals surface area contributed by atoms with Crippen LogP contribution >= 0.6 is 0 Å². The van der Waals surface area contributed by atoms with E-state index in [4.69, 9.17) is 18.9 Å². The first-order valence-corrected chi connectivity index (χ1v) is 14.5. The second-order valence-electron chi connectivity index (χ2n) is 10.1. The van der Waals surface area contributed by atoms with Gasteiger partial charge in [0.25, 0.3) is 0 Å². The van der Waals surface area contributed by atoms with Gasteiger partial charge in [0.15, 0.2) is 0 Å². The molecule has 4 rings (SSSR count). The summed E-state index contributed by atoms with van der Waals surface area (Å²) in [4.78, 5) is 29.2. The summed E-state index contributed by atoms with van der Waals surface area (Å²) < 4.78 is 21.3. The van der Waals surface area contributed by atoms with Crippen molar-refractivity contribution < 1.29 is 28.5 Å². The molecule has 2 aliphatic heterocycles. The third-order valence-corrected chi connectivity index (χ3v) is 7.10. The number of carbonyl (C=O) groups excluding carboxylic acids is 2. The molecule has 2 aromatic rings. The predicted molar refractivity (Wildman–Crippen MR) is 162 cm³/mol. The van der Waals surface area contributed by atoms with Gasteiger partial charge in [0, 0.05) is 37.6 Å². The van der Waals surface area contributed by atoms with E-state index in [1.165, 1.54) is 12.2 Å². The highest BCUT2D eigenvalue weighted by molar-refractivity contribution is 5.98. The van der Waals surface area contributed by atoms with Crippen molar-refractivity contribution in [2.75, 3.05) is 75.6 Å². The Morgan fingerprint density at radius 1 is 0.651 bits per heavy atom. The molecule has 0 aliphatic carbocycles. The van der Waals surface area contributed by atoms with Gasteiger partial charge in [-0.05, 0) is 66.8 Å². The van der Waals surface area contributed by atoms with Crippen molar-refractivity contribution in [2.24, 2.45) is 0 Å². The second-order valence-corrected chi connectivity index (χ2v) is 10.1. The van der Waals surface area contributed by atoms with Gasteiger partial charge in [-0.15, -0.1) is 0 Å². The van der Waals surface area contributed by atoms with Crippen LogP contribution in [0.4, 0.5) is 11.4 Å². The smallest absolute Gasteiger partial charge is 0.348 e. The van der Waals surface area contributed by atoms with Gasteiger partial charge >= 0.3 is 11.9 Å². The topological polar surface area (TPSA) is 125 Å². The number of carbonyl (C=O) groups is 2. The molecule has 2 aliphatic rings. The van der Waals surface area contributed by atoms with E-state index in [1.807, 2.05) is 60.7 Å². The summed E-state index contributed by atoms with van der Waals surface area (Å²) in [6, 6.07) is 19.1. The number of hydrogen-bond donors (Lipinski definition) is 0. The highest BCUT2D eigenvalue weighted by Crippen LogP contribution is 2.20. The standard InChI is InChI=1S/C33H36N4O6/c34-24-28(22-26-4-8-30(9-5-26)36-12-18-40-19-13-36)32(38)42-16-2-1-3-17-43-33(39)29(25-35)23-27-6-10-31(11-7-27)37-14-20-41-21-15-37/h4-11,22-23H,1-3,12-21H2. The normalized spacial score (nSPS) is 15.8. The molecule has 2 saturated heterocycles. The minimum absolute atomic E-state index is 0.0698. The van der Waals surface area contributed by atoms with E-state index in [1.54, 1.807) is 0 Å². The minimum atomic E-state index is -0.673. The predicted octanol–water partition coefficient (Wildman–Crippen LogP) is 4.13. The van der Waals surface area contributed by atoms with E-state index in [2.05, 4.69) is 9.80 Å². The van der Waals surface area contributed by atoms with E-state index in [9.17, 15) is 20.1 Å². The van der Waals surface area contributed by atoms with Crippen molar-refractivity contribution in [1.29, 1.82) is 10.5 Å². The van der Waals surface area contributed by atoms with Crippen LogP contribution in [0.5, 0.6) is 0 Å². The van der Waals surface area contributed by atoms with Crippen LogP contribution < -0.4 is 9.80 Å². The van der Waals surface area contributed by atoms with Crippen LogP contribution in [0.3, 0.4) is 0 Å². The molecule has 2 aromatic carbocycles. The molecule has 224 valence electrons. The first-order chi connectivity index (χ1) is 21.1. The van der Waals surface area contributed by atoms with Crippen LogP contribution in [0.1, 0.15) is 30.4 Å². The van der Waals surface area contributed by atoms with Gasteiger partial charge in [0.2, 0.25) is 0 Å². The zero-order valence-corrected chi connectivity index (χ0v) is 24.2. The quantitative estimate of drug-likeness (QED) is 0.156. The summed E-state index contributed by atoms with van der Waals surface area (Å²) >= 11 is 0. The van der Waals surface area contributed by atoms with E-state index < -0.39 is 11.9 Å². The Labute approximate surface area is 252 Å². The lowest BCUT2D eigenvalue weighted by molar-refractivity contribution is -0.138. The molecule has 0 unspecified atom stereocenters. The van der Waals surface area contributed by atoms with Crippen molar-refractivity contribution in [3.8, 4) is 12.1 Å². The fourth-order valence-electron chi connectivity index (χ4n) is 4.68. The Kier molecular flexibility index (Phi) is 12.2. The Bertz CT molecular complexity index is 1250. The molecule has 0 bridgehead atoms. The van der Waals surface area contributed by atoms with Crippen LogP contribution in [0.2, 0.25) is 0 Å². The summed E-state index contributed by atoms with van der Waals surface area (Å²) in [5, 5.41) is 18.9. The molecule has 0 aromatic heterocycles. The van der Waals surface area contributed by atoms with Crippen molar-refractivity contribution in [3.63, 3.8) is 0 Å². The third kappa shape index (κ3) is 9.71. The van der Waals surface area contributed by atoms with Gasteiger partial charge < -0.3 is 28.7 Å². The van der Waals surface area contributed by atoms with Gasteiger partial charge in [0.05, 0.1) is 39.6 Å². The largest absolute Gasteiger partial charge is 0.462 e. The van der Waals surface area contributed by atoms with Crippen LogP contribution in [0, 0.1) is 22.7 Å². The Morgan fingerprint density at radius 2 is 1.02 bits per heavy atom. The Morgan fingerprint density at radius 3 is 1.37 bits per heavy atom. The van der Waals surface area contributed by atoms with E-state index in [0.717, 1.165) is 48.7 Å². The molecule has 0 amide bonds. The fourth-order valence-corrected chi connectivity index (χ4v) is 4.68. The monoisotopic (exact) mass is 584 g/mol. The number of unbranched alkanes of at least 4 members (excludes halogenated alkanes) is 2. The average Bonchev–Trinajstić information content (AvgIpc) is 3.06. The summed E-state index contributed by atoms with van der Waals surface area (Å²) in [7, 11) is 0. The van der Waals surface area contributed by atoms with Crippen LogP contribution in [-0.2, 0) is 28.5 Å². The fraction of sp³-hybridized carbons (Fsp3) is 0.394. The van der Waals surface area contributed by atoms with Gasteiger partial charge in [-0.1, -0.05) is 24.3 Å². The molecule has 0 N–H and O–H groups in total. The molecule has 0 radical (unpaired) electrons. The first-order valence-electron chi connectivity index (χ1n) is 14.5. The van der Waals surface area contributed by atoms with Crippen molar-refractivity contribution in [1.82, 2.24) is 0 Å². The molecule has 10 heteroatoms. The van der Waals surface area contributed by atoms with E-state index in [0.29, 0.717) is 45.7 Å². The number of esters is 2. The van der Waals surface area contributed by atoms with Crippen LogP contribution in [-0.4, -0.2) is 77.8 Å². The number of hydrogen-bond acceptors (Lipinski definition) is 10. The molecule has 2 heterocycles. The lowest BCUT2D eigenvalue weighted by Gasteiger charge is -2.28. The summed E-state index contributed by atoms with van der Waals surface area (Å²) in [5.41, 5.74) is 3.48. The van der Waals surface area contributed by atoms with E-state index >= 15 is 0 Å². The molecule has 0 saturated carbocycles. The molecular formula is C33H36N4O6. The first kappa shape index (κ1) is 31.3. The second kappa shape index (κ2) is 16.7. The van der Waals surface area contributed by atoms with Gasteiger partial charge in [-0.25, -0.2) is 9.59 Å². The van der Waals surface area contributed by atoms with E-state index in [-0.39, 0.29) is 24.4 Å². The van der Waals surface area contributed by atoms with Crippen molar-refractivity contribution in [2.45, 2.75) is 19.3 Å². The maximum atomic E-state index is 12.4. The minimum Gasteiger partial charge on any atom is -0.462 e. The molecule has 0 atom stereocenters. The summed E-state index contributed by atoms with van der Waals surface area (Å²) in [5.74, 6) is -1.35. The molecular weight excluding hydrogens is 548 g/mol. The number of benzene rings is 2. The summed E-state index contributed by atoms with van der Waals surface area (Å²) in [6.45, 7) is 6.40. The number of ether oxygens (including phenoxy) is 4. The molecule has 43 heavy (non-hydrogen) atoms. The SMILES string of the molecule is N#CC(=Cc1ccc(N2CCOCC2)cc1)C(=O)OCCCCCOC(=O)C(C#N)=Cc1ccc(N2CCOCC2)cc1. The molecule has 0 spiro atoms. The van der Waals surface area contributed by atoms with Crippen LogP contribution in [0.15, 0.2) is 59.7 Å². The Balaban J connectivity index is 1.14. The number of nitriles is 2. The zero-order valence-electron chi connectivity index (χ0n) is 24.2. The number of morpholine rings is 2. The van der Waals surface area contributed by atoms with Gasteiger partial charge in [-0.3, -0.25) is 0 Å². The van der Waals surface area contributed by atoms with Gasteiger partial charge in [0.1, 0.15) is 23.3 Å². The molecule has 10 nitrogen and oxygen atoms in total. The zero-order chi connectivity index (χ0) is 30.3. The maximum absolute atomic E-state index is 12.4. The third-order valence-electron chi connectivity index (χ3n) is 7.10. The average molecular weight is 585 g/mol. The highest BCUT2D eigenvalue weighted by atomic mass is 16.5. The lowest BCUT2D eigenvalue weighted by Crippen LogP contribution is -2.36. The van der Waals surface area contributed by atoms with Crippen molar-refractivity contribution >= 4 is 35.5 Å². The lowest BCUT2D eigenvalue weighted by atomic mass is 10.1. The van der Waals surface area contributed by atoms with Crippen molar-refractivity contribution in [3.05, 3.63) is 70.8 Å². The summed E-state index contributed by atoms with van der Waals surface area (Å²) in [6.07, 6.45) is 4.77. The van der Waals surface area contributed by atoms with Crippen LogP contribution in [0.25, 0.3) is 12.2 Å². The number of nitrogens with zero attached hydrogens (tertiary/aromatic N) is 4.